The highest BCUT2D eigenvalue weighted by Gasteiger charge is 2.13. The molecular weight excluding hydrogens is 388 g/mol. The molecule has 7 nitrogen and oxygen atoms in total. The summed E-state index contributed by atoms with van der Waals surface area (Å²) < 4.78 is 0.928. The number of hydrogen-bond acceptors (Lipinski definition) is 5. The first-order valence-electron chi connectivity index (χ1n) is 7.28. The lowest BCUT2D eigenvalue weighted by atomic mass is 10.1. The Balaban J connectivity index is 2.01. The normalized spacial score (nSPS) is 11.1. The maximum Gasteiger partial charge on any atom is 0.270 e. The Hall–Kier alpha value is -3.00. The van der Waals surface area contributed by atoms with Gasteiger partial charge < -0.3 is 5.11 Å². The fourth-order valence-electron chi connectivity index (χ4n) is 2.39. The SMILES string of the molecule is Cc1[nH]nc(N=Cc2cc([N+](=O)[O-])ccc2O)c1-c1cccc(Br)c1. The molecule has 0 aliphatic carbocycles. The Morgan fingerprint density at radius 1 is 1.32 bits per heavy atom. The van der Waals surface area contributed by atoms with E-state index in [2.05, 4.69) is 31.1 Å². The van der Waals surface area contributed by atoms with E-state index in [0.29, 0.717) is 5.82 Å². The highest BCUT2D eigenvalue weighted by Crippen LogP contribution is 2.33. The lowest BCUT2D eigenvalue weighted by Gasteiger charge is -2.02. The second-order valence-corrected chi connectivity index (χ2v) is 6.23. The van der Waals surface area contributed by atoms with Gasteiger partial charge >= 0.3 is 0 Å². The fraction of sp³-hybridized carbons (Fsp3) is 0.0588. The van der Waals surface area contributed by atoms with Crippen molar-refractivity contribution in [3.8, 4) is 16.9 Å². The number of nitro benzene ring substituents is 1. The Morgan fingerprint density at radius 2 is 2.12 bits per heavy atom. The van der Waals surface area contributed by atoms with Crippen LogP contribution in [0.4, 0.5) is 11.5 Å². The van der Waals surface area contributed by atoms with Gasteiger partial charge in [-0.3, -0.25) is 15.2 Å². The molecule has 0 radical (unpaired) electrons. The average Bonchev–Trinajstić information content (AvgIpc) is 2.94. The molecule has 0 saturated carbocycles. The molecule has 0 spiro atoms. The predicted octanol–water partition coefficient (Wildman–Crippen LogP) is 4.51. The molecular formula is C17H13BrN4O3. The number of aromatic hydroxyl groups is 1. The summed E-state index contributed by atoms with van der Waals surface area (Å²) in [5.74, 6) is 0.340. The summed E-state index contributed by atoms with van der Waals surface area (Å²) in [6, 6.07) is 11.5. The third-order valence-electron chi connectivity index (χ3n) is 3.59. The van der Waals surface area contributed by atoms with Crippen molar-refractivity contribution in [2.75, 3.05) is 0 Å². The number of non-ortho nitro benzene ring substituents is 1. The zero-order valence-electron chi connectivity index (χ0n) is 13.1. The molecule has 0 fully saturated rings. The maximum absolute atomic E-state index is 10.9. The van der Waals surface area contributed by atoms with Crippen LogP contribution < -0.4 is 0 Å². The molecule has 1 aromatic heterocycles. The maximum atomic E-state index is 10.9. The van der Waals surface area contributed by atoms with Gasteiger partial charge in [-0.1, -0.05) is 28.1 Å². The van der Waals surface area contributed by atoms with E-state index in [-0.39, 0.29) is 17.0 Å². The van der Waals surface area contributed by atoms with Crippen molar-refractivity contribution < 1.29 is 10.0 Å². The molecule has 0 atom stereocenters. The Bertz CT molecular complexity index is 982. The fourth-order valence-corrected chi connectivity index (χ4v) is 2.79. The molecule has 3 aromatic rings. The van der Waals surface area contributed by atoms with Crippen LogP contribution in [0.1, 0.15) is 11.3 Å². The summed E-state index contributed by atoms with van der Waals surface area (Å²) in [4.78, 5) is 14.6. The van der Waals surface area contributed by atoms with Crippen molar-refractivity contribution in [1.82, 2.24) is 10.2 Å². The van der Waals surface area contributed by atoms with E-state index in [1.54, 1.807) is 0 Å². The minimum atomic E-state index is -0.525. The van der Waals surface area contributed by atoms with Gasteiger partial charge in [0.15, 0.2) is 5.82 Å². The van der Waals surface area contributed by atoms with Crippen LogP contribution in [0.25, 0.3) is 11.1 Å². The number of nitrogens with one attached hydrogen (secondary N) is 1. The summed E-state index contributed by atoms with van der Waals surface area (Å²) in [7, 11) is 0. The van der Waals surface area contributed by atoms with Gasteiger partial charge in [-0.2, -0.15) is 5.10 Å². The van der Waals surface area contributed by atoms with Crippen molar-refractivity contribution in [3.63, 3.8) is 0 Å². The van der Waals surface area contributed by atoms with Gasteiger partial charge in [0.1, 0.15) is 5.75 Å². The van der Waals surface area contributed by atoms with E-state index in [0.717, 1.165) is 21.3 Å². The average molecular weight is 401 g/mol. The van der Waals surface area contributed by atoms with Crippen LogP contribution in [-0.4, -0.2) is 26.4 Å². The molecule has 126 valence electrons. The zero-order chi connectivity index (χ0) is 18.0. The molecule has 0 bridgehead atoms. The number of benzene rings is 2. The monoisotopic (exact) mass is 400 g/mol. The highest BCUT2D eigenvalue weighted by molar-refractivity contribution is 9.10. The van der Waals surface area contributed by atoms with E-state index < -0.39 is 4.92 Å². The van der Waals surface area contributed by atoms with Gasteiger partial charge in [0.05, 0.1) is 4.92 Å². The lowest BCUT2D eigenvalue weighted by molar-refractivity contribution is -0.384. The summed E-state index contributed by atoms with van der Waals surface area (Å²) >= 11 is 3.44. The number of phenolic OH excluding ortho intramolecular Hbond substituents is 1. The number of rotatable bonds is 4. The minimum Gasteiger partial charge on any atom is -0.507 e. The molecule has 1 heterocycles. The number of halogens is 1. The molecule has 0 unspecified atom stereocenters. The van der Waals surface area contributed by atoms with E-state index in [9.17, 15) is 15.2 Å². The predicted molar refractivity (Wildman–Crippen MR) is 98.5 cm³/mol. The summed E-state index contributed by atoms with van der Waals surface area (Å²) in [5, 5.41) is 27.8. The molecule has 2 N–H and O–H groups in total. The van der Waals surface area contributed by atoms with Gasteiger partial charge in [0.25, 0.3) is 5.69 Å². The van der Waals surface area contributed by atoms with Crippen molar-refractivity contribution in [1.29, 1.82) is 0 Å². The van der Waals surface area contributed by atoms with Crippen molar-refractivity contribution in [3.05, 3.63) is 68.3 Å². The van der Waals surface area contributed by atoms with Crippen molar-refractivity contribution >= 4 is 33.6 Å². The molecule has 0 aliphatic rings. The number of H-pyrrole nitrogens is 1. The third kappa shape index (κ3) is 3.58. The Kier molecular flexibility index (Phi) is 4.62. The van der Waals surface area contributed by atoms with Crippen molar-refractivity contribution in [2.45, 2.75) is 6.92 Å². The third-order valence-corrected chi connectivity index (χ3v) is 4.08. The van der Waals surface area contributed by atoms with Crippen LogP contribution >= 0.6 is 15.9 Å². The topological polar surface area (TPSA) is 104 Å². The zero-order valence-corrected chi connectivity index (χ0v) is 14.7. The van der Waals surface area contributed by atoms with Crippen LogP contribution in [0.3, 0.4) is 0 Å². The number of aliphatic imine (C=N–C) groups is 1. The van der Waals surface area contributed by atoms with Crippen LogP contribution in [0, 0.1) is 17.0 Å². The first-order valence-corrected chi connectivity index (χ1v) is 8.07. The lowest BCUT2D eigenvalue weighted by Crippen LogP contribution is -1.90. The second-order valence-electron chi connectivity index (χ2n) is 5.32. The largest absolute Gasteiger partial charge is 0.507 e. The summed E-state index contributed by atoms with van der Waals surface area (Å²) in [6.07, 6.45) is 1.36. The van der Waals surface area contributed by atoms with Gasteiger partial charge in [-0.05, 0) is 30.7 Å². The van der Waals surface area contributed by atoms with E-state index in [1.165, 1.54) is 24.4 Å². The quantitative estimate of drug-likeness (QED) is 0.381. The first kappa shape index (κ1) is 16.8. The summed E-state index contributed by atoms with van der Waals surface area (Å²) in [5.41, 5.74) is 2.71. The smallest absolute Gasteiger partial charge is 0.270 e. The van der Waals surface area contributed by atoms with Crippen molar-refractivity contribution in [2.24, 2.45) is 4.99 Å². The number of phenols is 1. The number of aromatic amines is 1. The van der Waals surface area contributed by atoms with Crippen LogP contribution in [0.2, 0.25) is 0 Å². The van der Waals surface area contributed by atoms with E-state index in [1.807, 2.05) is 31.2 Å². The van der Waals surface area contributed by atoms with Crippen LogP contribution in [0.15, 0.2) is 51.9 Å². The molecule has 0 saturated heterocycles. The number of aromatic nitrogens is 2. The van der Waals surface area contributed by atoms with Gasteiger partial charge in [-0.15, -0.1) is 0 Å². The van der Waals surface area contributed by atoms with Crippen LogP contribution in [0.5, 0.6) is 5.75 Å². The molecule has 2 aromatic carbocycles. The molecule has 0 amide bonds. The van der Waals surface area contributed by atoms with Gasteiger partial charge in [-0.25, -0.2) is 4.99 Å². The Labute approximate surface area is 151 Å². The minimum absolute atomic E-state index is 0.0920. The molecule has 0 aliphatic heterocycles. The number of aryl methyl sites for hydroxylation is 1. The molecule has 25 heavy (non-hydrogen) atoms. The first-order chi connectivity index (χ1) is 12.0. The second kappa shape index (κ2) is 6.86. The van der Waals surface area contributed by atoms with Crippen LogP contribution in [-0.2, 0) is 0 Å². The van der Waals surface area contributed by atoms with E-state index in [4.69, 9.17) is 0 Å². The molecule has 3 rings (SSSR count). The standard InChI is InChI=1S/C17H13BrN4O3/c1-10-16(11-3-2-4-13(18)7-11)17(21-20-10)19-9-12-8-14(22(24)25)5-6-15(12)23/h2-9,23H,1H3,(H,20,21). The highest BCUT2D eigenvalue weighted by atomic mass is 79.9. The molecule has 8 heteroatoms. The van der Waals surface area contributed by atoms with Gasteiger partial charge in [0.2, 0.25) is 0 Å². The number of nitro groups is 1. The number of hydrogen-bond donors (Lipinski definition) is 2. The Morgan fingerprint density at radius 3 is 2.84 bits per heavy atom. The number of nitrogens with zero attached hydrogens (tertiary/aromatic N) is 3. The summed E-state index contributed by atoms with van der Waals surface area (Å²) in [6.45, 7) is 1.88. The van der Waals surface area contributed by atoms with E-state index >= 15 is 0 Å². The van der Waals surface area contributed by atoms with Gasteiger partial charge in [0, 0.05) is 39.6 Å².